The van der Waals surface area contributed by atoms with Crippen molar-refractivity contribution < 1.29 is 23.8 Å². The van der Waals surface area contributed by atoms with E-state index in [1.165, 1.54) is 51.4 Å². The van der Waals surface area contributed by atoms with E-state index in [-0.39, 0.29) is 18.0 Å². The minimum Gasteiger partial charge on any atom is -0.494 e. The fourth-order valence-electron chi connectivity index (χ4n) is 4.60. The maximum Gasteiger partial charge on any atom is 0.343 e. The van der Waals surface area contributed by atoms with Gasteiger partial charge in [-0.05, 0) is 61.2 Å². The van der Waals surface area contributed by atoms with Crippen LogP contribution < -0.4 is 9.47 Å². The minimum atomic E-state index is -0.419. The molecule has 2 atom stereocenters. The summed E-state index contributed by atoms with van der Waals surface area (Å²) in [5.74, 6) is 0.401. The third-order valence-electron chi connectivity index (χ3n) is 6.80. The lowest BCUT2D eigenvalue weighted by molar-refractivity contribution is -0.142. The summed E-state index contributed by atoms with van der Waals surface area (Å²) in [6.07, 6.45) is 13.7. The Morgan fingerprint density at radius 3 is 2.11 bits per heavy atom. The van der Waals surface area contributed by atoms with Gasteiger partial charge in [-0.25, -0.2) is 4.79 Å². The molecule has 0 aliphatic carbocycles. The van der Waals surface area contributed by atoms with Crippen molar-refractivity contribution in [1.29, 1.82) is 0 Å². The third kappa shape index (κ3) is 9.00. The average molecular weight is 495 g/mol. The highest BCUT2D eigenvalue weighted by atomic mass is 16.6. The second kappa shape index (κ2) is 15.3. The minimum absolute atomic E-state index is 0.00889. The highest BCUT2D eigenvalue weighted by molar-refractivity contribution is 5.91. The number of carbonyl (C=O) groups excluding carboxylic acids is 2. The monoisotopic (exact) mass is 494 g/mol. The first-order valence-corrected chi connectivity index (χ1v) is 13.9. The smallest absolute Gasteiger partial charge is 0.343 e. The van der Waals surface area contributed by atoms with E-state index in [1.54, 1.807) is 36.4 Å². The van der Waals surface area contributed by atoms with Gasteiger partial charge in [0.1, 0.15) is 17.6 Å². The second-order valence-corrected chi connectivity index (χ2v) is 9.80. The van der Waals surface area contributed by atoms with E-state index in [2.05, 4.69) is 13.8 Å². The zero-order valence-corrected chi connectivity index (χ0v) is 22.0. The molecule has 0 saturated carbocycles. The van der Waals surface area contributed by atoms with Crippen LogP contribution in [-0.4, -0.2) is 24.6 Å². The molecule has 0 bridgehead atoms. The van der Waals surface area contributed by atoms with Crippen LogP contribution in [0, 0.1) is 0 Å². The molecule has 5 heteroatoms. The van der Waals surface area contributed by atoms with Crippen molar-refractivity contribution in [2.24, 2.45) is 0 Å². The Morgan fingerprint density at radius 1 is 0.806 bits per heavy atom. The molecule has 0 radical (unpaired) electrons. The molecule has 0 amide bonds. The fraction of sp³-hybridized carbons (Fsp3) is 0.548. The summed E-state index contributed by atoms with van der Waals surface area (Å²) < 4.78 is 16.9. The summed E-state index contributed by atoms with van der Waals surface area (Å²) in [4.78, 5) is 24.9. The third-order valence-corrected chi connectivity index (χ3v) is 6.80. The molecule has 196 valence electrons. The van der Waals surface area contributed by atoms with E-state index in [0.29, 0.717) is 17.9 Å². The van der Waals surface area contributed by atoms with E-state index in [4.69, 9.17) is 14.2 Å². The van der Waals surface area contributed by atoms with Crippen LogP contribution in [0.2, 0.25) is 0 Å². The largest absolute Gasteiger partial charge is 0.494 e. The molecule has 1 aliphatic heterocycles. The lowest BCUT2D eigenvalue weighted by Crippen LogP contribution is -2.09. The van der Waals surface area contributed by atoms with E-state index >= 15 is 0 Å². The number of esters is 2. The van der Waals surface area contributed by atoms with Crippen LogP contribution >= 0.6 is 0 Å². The van der Waals surface area contributed by atoms with Crippen molar-refractivity contribution in [3.05, 3.63) is 59.7 Å². The Hall–Kier alpha value is -2.82. The Morgan fingerprint density at radius 2 is 1.42 bits per heavy atom. The van der Waals surface area contributed by atoms with E-state index in [9.17, 15) is 9.59 Å². The summed E-state index contributed by atoms with van der Waals surface area (Å²) in [6, 6.07) is 14.3. The SMILES string of the molecule is CCCCCCCCOc1ccc(C(=O)Oc2ccc([C@@H]3C[C@@H](CCCCCC)OC3=O)cc2)cc1. The molecule has 5 nitrogen and oxygen atoms in total. The normalized spacial score (nSPS) is 17.1. The molecule has 0 spiro atoms. The average Bonchev–Trinajstić information content (AvgIpc) is 3.27. The highest BCUT2D eigenvalue weighted by Crippen LogP contribution is 2.34. The van der Waals surface area contributed by atoms with Gasteiger partial charge in [0.05, 0.1) is 18.1 Å². The van der Waals surface area contributed by atoms with Gasteiger partial charge in [-0.15, -0.1) is 0 Å². The number of rotatable bonds is 16. The van der Waals surface area contributed by atoms with Gasteiger partial charge in [0.2, 0.25) is 0 Å². The molecule has 1 fully saturated rings. The predicted octanol–water partition coefficient (Wildman–Crippen LogP) is 8.01. The molecular formula is C31H42O5. The van der Waals surface area contributed by atoms with Crippen molar-refractivity contribution in [1.82, 2.24) is 0 Å². The zero-order valence-electron chi connectivity index (χ0n) is 22.0. The standard InChI is InChI=1S/C31H42O5/c1-3-5-7-9-10-12-22-34-26-18-16-25(17-19-26)30(32)35-27-20-14-24(15-21-27)29-23-28(36-31(29)33)13-11-8-6-4-2/h14-21,28-29H,3-13,22-23H2,1-2H3/t28-,29+/m1/s1. The number of ether oxygens (including phenoxy) is 3. The first-order chi connectivity index (χ1) is 17.6. The molecule has 0 unspecified atom stereocenters. The fourth-order valence-corrected chi connectivity index (χ4v) is 4.60. The molecule has 0 aromatic heterocycles. The molecule has 1 heterocycles. The molecule has 2 aromatic rings. The van der Waals surface area contributed by atoms with Crippen molar-refractivity contribution in [2.45, 2.75) is 103 Å². The number of unbranched alkanes of at least 4 members (excludes halogenated alkanes) is 8. The first kappa shape index (κ1) is 27.8. The van der Waals surface area contributed by atoms with E-state index in [1.807, 2.05) is 12.1 Å². The number of carbonyl (C=O) groups is 2. The van der Waals surface area contributed by atoms with Gasteiger partial charge >= 0.3 is 11.9 Å². The number of hydrogen-bond acceptors (Lipinski definition) is 5. The Kier molecular flexibility index (Phi) is 11.8. The maximum atomic E-state index is 12.6. The van der Waals surface area contributed by atoms with Gasteiger partial charge in [0.15, 0.2) is 0 Å². The van der Waals surface area contributed by atoms with Crippen LogP contribution in [0.25, 0.3) is 0 Å². The number of benzene rings is 2. The van der Waals surface area contributed by atoms with Gasteiger partial charge in [0, 0.05) is 6.42 Å². The maximum absolute atomic E-state index is 12.6. The van der Waals surface area contributed by atoms with Crippen LogP contribution in [-0.2, 0) is 9.53 Å². The summed E-state index contributed by atoms with van der Waals surface area (Å²) in [6.45, 7) is 5.10. The van der Waals surface area contributed by atoms with Crippen molar-refractivity contribution >= 4 is 11.9 Å². The van der Waals surface area contributed by atoms with Crippen LogP contribution in [0.5, 0.6) is 11.5 Å². The molecule has 2 aromatic carbocycles. The highest BCUT2D eigenvalue weighted by Gasteiger charge is 2.35. The zero-order chi connectivity index (χ0) is 25.6. The van der Waals surface area contributed by atoms with Gasteiger partial charge in [0.25, 0.3) is 0 Å². The lowest BCUT2D eigenvalue weighted by atomic mass is 9.94. The van der Waals surface area contributed by atoms with E-state index in [0.717, 1.165) is 37.0 Å². The summed E-state index contributed by atoms with van der Waals surface area (Å²) in [7, 11) is 0. The van der Waals surface area contributed by atoms with Gasteiger partial charge in [-0.3, -0.25) is 4.79 Å². The van der Waals surface area contributed by atoms with Gasteiger partial charge in [-0.1, -0.05) is 77.3 Å². The molecular weight excluding hydrogens is 452 g/mol. The second-order valence-electron chi connectivity index (χ2n) is 9.80. The molecule has 3 rings (SSSR count). The molecule has 36 heavy (non-hydrogen) atoms. The molecule has 1 saturated heterocycles. The van der Waals surface area contributed by atoms with Crippen LogP contribution in [0.1, 0.15) is 113 Å². The summed E-state index contributed by atoms with van der Waals surface area (Å²) in [5.41, 5.74) is 1.37. The summed E-state index contributed by atoms with van der Waals surface area (Å²) in [5, 5.41) is 0. The number of hydrogen-bond donors (Lipinski definition) is 0. The Labute approximate surface area is 216 Å². The Balaban J connectivity index is 1.42. The molecule has 0 N–H and O–H groups in total. The predicted molar refractivity (Wildman–Crippen MR) is 143 cm³/mol. The van der Waals surface area contributed by atoms with Crippen LogP contribution in [0.4, 0.5) is 0 Å². The lowest BCUT2D eigenvalue weighted by Gasteiger charge is -2.09. The number of cyclic esters (lactones) is 1. The first-order valence-electron chi connectivity index (χ1n) is 13.9. The Bertz CT molecular complexity index is 919. The van der Waals surface area contributed by atoms with Crippen molar-refractivity contribution in [3.63, 3.8) is 0 Å². The van der Waals surface area contributed by atoms with Gasteiger partial charge in [-0.2, -0.15) is 0 Å². The topological polar surface area (TPSA) is 61.8 Å². The quantitative estimate of drug-likeness (QED) is 0.134. The van der Waals surface area contributed by atoms with Crippen LogP contribution in [0.3, 0.4) is 0 Å². The van der Waals surface area contributed by atoms with Crippen molar-refractivity contribution in [2.75, 3.05) is 6.61 Å². The van der Waals surface area contributed by atoms with Gasteiger partial charge < -0.3 is 14.2 Å². The van der Waals surface area contributed by atoms with E-state index < -0.39 is 5.97 Å². The summed E-state index contributed by atoms with van der Waals surface area (Å²) >= 11 is 0. The van der Waals surface area contributed by atoms with Crippen molar-refractivity contribution in [3.8, 4) is 11.5 Å². The van der Waals surface area contributed by atoms with Crippen LogP contribution in [0.15, 0.2) is 48.5 Å². The molecule has 1 aliphatic rings.